The molecule has 4 rings (SSSR count). The van der Waals surface area contributed by atoms with Crippen LogP contribution in [0.15, 0.2) is 42.5 Å². The van der Waals surface area contributed by atoms with Crippen molar-refractivity contribution in [2.75, 3.05) is 7.05 Å². The highest BCUT2D eigenvalue weighted by atomic mass is 16.3. The number of terminal acetylenes is 1. The third kappa shape index (κ3) is 4.56. The van der Waals surface area contributed by atoms with Crippen molar-refractivity contribution in [3.05, 3.63) is 53.7 Å². The number of amides is 2. The molecule has 6 heteroatoms. The van der Waals surface area contributed by atoms with Gasteiger partial charge in [0, 0.05) is 30.1 Å². The molecule has 1 aromatic heterocycles. The molecule has 146 valence electrons. The fourth-order valence-corrected chi connectivity index (χ4v) is 3.04. The van der Waals surface area contributed by atoms with Crippen molar-refractivity contribution in [2.45, 2.75) is 32.4 Å². The van der Waals surface area contributed by atoms with Crippen molar-refractivity contribution >= 4 is 11.8 Å². The summed E-state index contributed by atoms with van der Waals surface area (Å²) in [5.74, 6) is 2.18. The van der Waals surface area contributed by atoms with E-state index in [1.807, 2.05) is 44.2 Å². The minimum Gasteiger partial charge on any atom is -0.383 e. The number of aliphatic hydroxyl groups excluding tert-OH is 1. The second kappa shape index (κ2) is 9.16. The molecule has 0 bridgehead atoms. The molecule has 3 unspecified atom stereocenters. The first kappa shape index (κ1) is 21.1. The molecule has 1 aliphatic carbocycles. The lowest BCUT2D eigenvalue weighted by Crippen LogP contribution is -2.30. The number of nitrogens with zero attached hydrogens (tertiary/aromatic N) is 2. The first-order valence-electron chi connectivity index (χ1n) is 9.21. The number of benzene rings is 1. The number of pyridine rings is 1. The van der Waals surface area contributed by atoms with Gasteiger partial charge in [0.25, 0.3) is 11.8 Å². The van der Waals surface area contributed by atoms with Gasteiger partial charge in [0.15, 0.2) is 0 Å². The zero-order valence-corrected chi connectivity index (χ0v) is 16.3. The molecule has 3 N–H and O–H groups in total. The van der Waals surface area contributed by atoms with Gasteiger partial charge in [0.2, 0.25) is 0 Å². The van der Waals surface area contributed by atoms with Gasteiger partial charge in [-0.2, -0.15) is 0 Å². The number of hydrogen-bond donors (Lipinski definition) is 2. The van der Waals surface area contributed by atoms with Crippen LogP contribution in [0.2, 0.25) is 0 Å². The largest absolute Gasteiger partial charge is 0.383 e. The monoisotopic (exact) mass is 379 g/mol. The van der Waals surface area contributed by atoms with E-state index in [1.165, 1.54) is 0 Å². The van der Waals surface area contributed by atoms with Crippen molar-refractivity contribution in [1.29, 1.82) is 0 Å². The van der Waals surface area contributed by atoms with Gasteiger partial charge in [-0.3, -0.25) is 9.59 Å². The van der Waals surface area contributed by atoms with Crippen LogP contribution in [0.1, 0.15) is 36.3 Å². The molecule has 2 aliphatic rings. The quantitative estimate of drug-likeness (QED) is 0.781. The van der Waals surface area contributed by atoms with Crippen LogP contribution in [0.25, 0.3) is 11.3 Å². The molecule has 0 radical (unpaired) electrons. The van der Waals surface area contributed by atoms with Crippen molar-refractivity contribution in [3.8, 4) is 23.6 Å². The summed E-state index contributed by atoms with van der Waals surface area (Å²) in [6.07, 6.45) is 5.65. The third-order valence-electron chi connectivity index (χ3n) is 4.63. The molecule has 2 heterocycles. The molecule has 2 fully saturated rings. The van der Waals surface area contributed by atoms with Gasteiger partial charge < -0.3 is 15.7 Å². The highest BCUT2D eigenvalue weighted by Gasteiger charge is 2.56. The lowest BCUT2D eigenvalue weighted by Gasteiger charge is -2.10. The number of piperidine rings is 1. The topological polar surface area (TPSA) is 96.5 Å². The van der Waals surface area contributed by atoms with E-state index in [-0.39, 0.29) is 17.5 Å². The summed E-state index contributed by atoms with van der Waals surface area (Å²) in [4.78, 5) is 27.7. The number of rotatable bonds is 2. The van der Waals surface area contributed by atoms with E-state index in [2.05, 4.69) is 10.9 Å². The number of carbonyl (C=O) groups excluding carboxylic acids is 2. The molecule has 0 spiro atoms. The van der Waals surface area contributed by atoms with Crippen molar-refractivity contribution in [3.63, 3.8) is 0 Å². The Balaban J connectivity index is 0.000000213. The Kier molecular flexibility index (Phi) is 6.91. The molecule has 3 atom stereocenters. The number of nitrogens with two attached hydrogens (primary N) is 1. The van der Waals surface area contributed by atoms with Crippen LogP contribution in [0, 0.1) is 18.3 Å². The first-order chi connectivity index (χ1) is 13.4. The molecule has 6 nitrogen and oxygen atoms in total. The number of fused-ring (bicyclic) bond motifs is 1. The van der Waals surface area contributed by atoms with Gasteiger partial charge in [0.05, 0.1) is 5.69 Å². The van der Waals surface area contributed by atoms with Gasteiger partial charge in [-0.1, -0.05) is 38.0 Å². The van der Waals surface area contributed by atoms with Gasteiger partial charge in [0.1, 0.15) is 11.8 Å². The van der Waals surface area contributed by atoms with Crippen molar-refractivity contribution in [1.82, 2.24) is 9.88 Å². The number of aliphatic hydroxyl groups is 1. The third-order valence-corrected chi connectivity index (χ3v) is 4.63. The second-order valence-electron chi connectivity index (χ2n) is 6.36. The van der Waals surface area contributed by atoms with Crippen LogP contribution in [0.3, 0.4) is 0 Å². The Morgan fingerprint density at radius 2 is 1.96 bits per heavy atom. The molecular formula is C22H25N3O3. The normalized spacial score (nSPS) is 21.3. The summed E-state index contributed by atoms with van der Waals surface area (Å²) in [6.45, 7) is 4.00. The summed E-state index contributed by atoms with van der Waals surface area (Å²) in [6, 6.07) is 12.9. The predicted molar refractivity (Wildman–Crippen MR) is 108 cm³/mol. The molecule has 2 aromatic rings. The Bertz CT molecular complexity index is 888. The maximum Gasteiger partial charge on any atom is 0.267 e. The van der Waals surface area contributed by atoms with Gasteiger partial charge >= 0.3 is 0 Å². The zero-order valence-electron chi connectivity index (χ0n) is 16.3. The van der Waals surface area contributed by atoms with E-state index >= 15 is 0 Å². The molecule has 28 heavy (non-hydrogen) atoms. The lowest BCUT2D eigenvalue weighted by atomic mass is 10.1. The molecule has 2 amide bonds. The van der Waals surface area contributed by atoms with Gasteiger partial charge in [-0.15, -0.1) is 6.42 Å². The molecule has 1 aliphatic heterocycles. The summed E-state index contributed by atoms with van der Waals surface area (Å²) in [5.41, 5.74) is 7.74. The fourth-order valence-electron chi connectivity index (χ4n) is 3.04. The van der Waals surface area contributed by atoms with Crippen LogP contribution < -0.4 is 5.73 Å². The SMILES string of the molecule is C#Cc1cccc(-c2cccc(C(N)=O)n2)c1.CC.CN1C(=O)C(O)C2CC21. The summed E-state index contributed by atoms with van der Waals surface area (Å²) < 4.78 is 0. The Labute approximate surface area is 165 Å². The molecule has 1 saturated carbocycles. The highest BCUT2D eigenvalue weighted by Crippen LogP contribution is 2.44. The summed E-state index contributed by atoms with van der Waals surface area (Å²) in [7, 11) is 1.75. The second-order valence-corrected chi connectivity index (χ2v) is 6.36. The van der Waals surface area contributed by atoms with E-state index in [0.717, 1.165) is 17.5 Å². The molecular weight excluding hydrogens is 354 g/mol. The molecule has 1 saturated heterocycles. The first-order valence-corrected chi connectivity index (χ1v) is 9.21. The highest BCUT2D eigenvalue weighted by molar-refractivity contribution is 5.91. The Morgan fingerprint density at radius 3 is 2.46 bits per heavy atom. The maximum absolute atomic E-state index is 11.0. The predicted octanol–water partition coefficient (Wildman–Crippen LogP) is 2.06. The van der Waals surface area contributed by atoms with E-state index < -0.39 is 12.0 Å². The fraction of sp³-hybridized carbons (Fsp3) is 0.318. The van der Waals surface area contributed by atoms with E-state index in [1.54, 1.807) is 24.1 Å². The average molecular weight is 379 g/mol. The number of likely N-dealkylation sites (tertiary alicyclic amines) is 1. The van der Waals surface area contributed by atoms with Crippen LogP contribution in [-0.2, 0) is 4.79 Å². The summed E-state index contributed by atoms with van der Waals surface area (Å²) in [5, 5.41) is 9.09. The van der Waals surface area contributed by atoms with Crippen LogP contribution >= 0.6 is 0 Å². The van der Waals surface area contributed by atoms with Crippen molar-refractivity contribution in [2.24, 2.45) is 11.7 Å². The standard InChI is InChI=1S/C14H10N2O.C6H9NO2.C2H6/c1-2-10-5-3-6-11(9-10)12-7-4-8-13(16-12)14(15)17;1-7-4-2-3(4)5(8)6(7)9;1-2/h1,3-9H,(H2,15,17);3-5,8H,2H2,1H3;1-2H3. The number of carbonyl (C=O) groups is 2. The number of hydrogen-bond acceptors (Lipinski definition) is 4. The van der Waals surface area contributed by atoms with Crippen LogP contribution in [-0.4, -0.2) is 46.0 Å². The van der Waals surface area contributed by atoms with Gasteiger partial charge in [-0.05, 0) is 30.7 Å². The summed E-state index contributed by atoms with van der Waals surface area (Å²) >= 11 is 0. The van der Waals surface area contributed by atoms with E-state index in [0.29, 0.717) is 11.7 Å². The molecule has 1 aromatic carbocycles. The zero-order chi connectivity index (χ0) is 20.8. The maximum atomic E-state index is 11.0. The Morgan fingerprint density at radius 1 is 1.29 bits per heavy atom. The minimum absolute atomic E-state index is 0.101. The number of aromatic nitrogens is 1. The van der Waals surface area contributed by atoms with Crippen LogP contribution in [0.5, 0.6) is 0 Å². The van der Waals surface area contributed by atoms with E-state index in [4.69, 9.17) is 17.3 Å². The lowest BCUT2D eigenvalue weighted by molar-refractivity contribution is -0.135. The minimum atomic E-state index is -0.681. The Hall–Kier alpha value is -3.17. The van der Waals surface area contributed by atoms with Gasteiger partial charge in [-0.25, -0.2) is 4.98 Å². The average Bonchev–Trinajstić information content (AvgIpc) is 3.51. The van der Waals surface area contributed by atoms with E-state index in [9.17, 15) is 9.59 Å². The number of primary amides is 1. The van der Waals surface area contributed by atoms with Crippen molar-refractivity contribution < 1.29 is 14.7 Å². The number of likely N-dealkylation sites (N-methyl/N-ethyl adjacent to an activating group) is 1. The van der Waals surface area contributed by atoms with Crippen LogP contribution in [0.4, 0.5) is 0 Å². The smallest absolute Gasteiger partial charge is 0.267 e.